The number of anilines is 1. The van der Waals surface area contributed by atoms with Crippen LogP contribution in [0.4, 0.5) is 5.95 Å². The number of hydrogen-bond donors (Lipinski definition) is 1. The van der Waals surface area contributed by atoms with E-state index in [4.69, 9.17) is 0 Å². The number of pyridine rings is 1. The van der Waals surface area contributed by atoms with Crippen molar-refractivity contribution in [3.8, 4) is 0 Å². The maximum Gasteiger partial charge on any atom is 0.239 e. The van der Waals surface area contributed by atoms with Gasteiger partial charge < -0.3 is 4.90 Å². The van der Waals surface area contributed by atoms with Gasteiger partial charge in [-0.25, -0.2) is 4.98 Å². The largest absolute Gasteiger partial charge is 0.345 e. The summed E-state index contributed by atoms with van der Waals surface area (Å²) in [7, 11) is 1.75. The van der Waals surface area contributed by atoms with Crippen molar-refractivity contribution in [3.05, 3.63) is 30.6 Å². The molecule has 0 radical (unpaired) electrons. The molecule has 1 saturated heterocycles. The molecule has 2 aromatic heterocycles. The van der Waals surface area contributed by atoms with E-state index >= 15 is 0 Å². The minimum atomic E-state index is -0.617. The van der Waals surface area contributed by atoms with E-state index in [1.54, 1.807) is 22.5 Å². The quantitative estimate of drug-likeness (QED) is 0.851. The summed E-state index contributed by atoms with van der Waals surface area (Å²) in [5.41, 5.74) is 0.900. The molecule has 1 atom stereocenters. The van der Waals surface area contributed by atoms with E-state index < -0.39 is 5.92 Å². The highest BCUT2D eigenvalue weighted by atomic mass is 16.2. The number of fused-ring (bicyclic) bond motifs is 1. The predicted molar refractivity (Wildman–Crippen MR) is 78.8 cm³/mol. The smallest absolute Gasteiger partial charge is 0.239 e. The summed E-state index contributed by atoms with van der Waals surface area (Å²) in [6, 6.07) is 5.69. The first-order valence-electron chi connectivity index (χ1n) is 7.15. The van der Waals surface area contributed by atoms with E-state index in [0.717, 1.165) is 24.9 Å². The number of imidazole rings is 1. The fourth-order valence-electron chi connectivity index (χ4n) is 2.67. The second-order valence-corrected chi connectivity index (χ2v) is 5.37. The van der Waals surface area contributed by atoms with Crippen LogP contribution in [-0.4, -0.2) is 39.7 Å². The highest BCUT2D eigenvalue weighted by Gasteiger charge is 2.31. The van der Waals surface area contributed by atoms with Gasteiger partial charge in [0.25, 0.3) is 0 Å². The first kappa shape index (κ1) is 13.6. The molecular formula is C15H18N4O2. The van der Waals surface area contributed by atoms with E-state index in [1.165, 1.54) is 0 Å². The molecule has 1 aliphatic rings. The lowest BCUT2D eigenvalue weighted by Gasteiger charge is -2.18. The molecule has 0 spiro atoms. The predicted octanol–water partition coefficient (Wildman–Crippen LogP) is 1.53. The number of aromatic nitrogens is 2. The minimum absolute atomic E-state index is 0.106. The Balaban J connectivity index is 1.80. The van der Waals surface area contributed by atoms with Gasteiger partial charge >= 0.3 is 0 Å². The van der Waals surface area contributed by atoms with Gasteiger partial charge in [-0.15, -0.1) is 0 Å². The van der Waals surface area contributed by atoms with Crippen molar-refractivity contribution in [2.24, 2.45) is 5.92 Å². The third-order valence-electron chi connectivity index (χ3n) is 3.90. The summed E-state index contributed by atoms with van der Waals surface area (Å²) in [6.07, 6.45) is 5.95. The summed E-state index contributed by atoms with van der Waals surface area (Å²) in [6.45, 7) is 0.717. The van der Waals surface area contributed by atoms with Crippen molar-refractivity contribution in [2.75, 3.05) is 18.9 Å². The summed E-state index contributed by atoms with van der Waals surface area (Å²) in [4.78, 5) is 30.5. The standard InChI is InChI=1S/C15H18N4O2/c1-18-8-4-3-7-12(14(18)21)13(20)17-15-16-10-11-6-2-5-9-19(11)15/h2,5-6,9-10,12H,3-4,7-8H2,1H3,(H,16,17,20). The van der Waals surface area contributed by atoms with Crippen molar-refractivity contribution in [1.82, 2.24) is 14.3 Å². The molecule has 2 aromatic rings. The molecule has 3 rings (SSSR count). The fourth-order valence-corrected chi connectivity index (χ4v) is 2.67. The number of rotatable bonds is 2. The van der Waals surface area contributed by atoms with E-state index in [0.29, 0.717) is 12.4 Å². The first-order chi connectivity index (χ1) is 10.2. The van der Waals surface area contributed by atoms with Gasteiger partial charge in [-0.05, 0) is 25.0 Å². The Morgan fingerprint density at radius 1 is 1.38 bits per heavy atom. The van der Waals surface area contributed by atoms with Gasteiger partial charge in [0, 0.05) is 19.8 Å². The SMILES string of the molecule is CN1CCCCC(C(=O)Nc2ncc3ccccn23)C1=O. The molecule has 6 nitrogen and oxygen atoms in total. The van der Waals surface area contributed by atoms with Gasteiger partial charge in [-0.2, -0.15) is 0 Å². The van der Waals surface area contributed by atoms with Crippen molar-refractivity contribution < 1.29 is 9.59 Å². The van der Waals surface area contributed by atoms with Crippen molar-refractivity contribution in [3.63, 3.8) is 0 Å². The molecule has 6 heteroatoms. The minimum Gasteiger partial charge on any atom is -0.345 e. The normalized spacial score (nSPS) is 19.6. The van der Waals surface area contributed by atoms with Crippen LogP contribution in [0.25, 0.3) is 5.52 Å². The van der Waals surface area contributed by atoms with Crippen LogP contribution in [0.15, 0.2) is 30.6 Å². The maximum atomic E-state index is 12.4. The molecule has 1 fully saturated rings. The Kier molecular flexibility index (Phi) is 3.60. The number of hydrogen-bond acceptors (Lipinski definition) is 3. The summed E-state index contributed by atoms with van der Waals surface area (Å²) >= 11 is 0. The zero-order valence-corrected chi connectivity index (χ0v) is 12.0. The van der Waals surface area contributed by atoms with E-state index in [-0.39, 0.29) is 11.8 Å². The Bertz CT molecular complexity index is 679. The van der Waals surface area contributed by atoms with Crippen LogP contribution in [0.2, 0.25) is 0 Å². The Labute approximate surface area is 122 Å². The summed E-state index contributed by atoms with van der Waals surface area (Å²) in [5, 5.41) is 2.78. The molecule has 0 aliphatic carbocycles. The zero-order chi connectivity index (χ0) is 14.8. The molecule has 110 valence electrons. The average molecular weight is 286 g/mol. The molecule has 2 amide bonds. The van der Waals surface area contributed by atoms with Crippen LogP contribution < -0.4 is 5.32 Å². The Morgan fingerprint density at radius 2 is 2.24 bits per heavy atom. The van der Waals surface area contributed by atoms with Gasteiger partial charge in [0.15, 0.2) is 0 Å². The lowest BCUT2D eigenvalue weighted by molar-refractivity contribution is -0.138. The van der Waals surface area contributed by atoms with E-state index in [2.05, 4.69) is 10.3 Å². The van der Waals surface area contributed by atoms with Crippen LogP contribution >= 0.6 is 0 Å². The number of nitrogens with one attached hydrogen (secondary N) is 1. The highest BCUT2D eigenvalue weighted by Crippen LogP contribution is 2.19. The van der Waals surface area contributed by atoms with Crippen LogP contribution in [-0.2, 0) is 9.59 Å². The number of likely N-dealkylation sites (tertiary alicyclic amines) is 1. The van der Waals surface area contributed by atoms with E-state index in [1.807, 2.05) is 24.4 Å². The molecular weight excluding hydrogens is 268 g/mol. The number of nitrogens with zero attached hydrogens (tertiary/aromatic N) is 3. The van der Waals surface area contributed by atoms with E-state index in [9.17, 15) is 9.59 Å². The third-order valence-corrected chi connectivity index (χ3v) is 3.90. The van der Waals surface area contributed by atoms with Gasteiger partial charge in [-0.3, -0.25) is 19.3 Å². The molecule has 0 saturated carbocycles. The lowest BCUT2D eigenvalue weighted by Crippen LogP contribution is -2.38. The Hall–Kier alpha value is -2.37. The molecule has 1 N–H and O–H groups in total. The third kappa shape index (κ3) is 2.61. The molecule has 21 heavy (non-hydrogen) atoms. The highest BCUT2D eigenvalue weighted by molar-refractivity contribution is 6.06. The van der Waals surface area contributed by atoms with Crippen molar-refractivity contribution in [2.45, 2.75) is 19.3 Å². The second kappa shape index (κ2) is 5.55. The topological polar surface area (TPSA) is 66.7 Å². The van der Waals surface area contributed by atoms with Gasteiger partial charge in [0.05, 0.1) is 11.7 Å². The average Bonchev–Trinajstić information content (AvgIpc) is 2.81. The molecule has 3 heterocycles. The number of carbonyl (C=O) groups is 2. The monoisotopic (exact) mass is 286 g/mol. The van der Waals surface area contributed by atoms with Gasteiger partial charge in [0.1, 0.15) is 5.92 Å². The summed E-state index contributed by atoms with van der Waals surface area (Å²) < 4.78 is 1.79. The molecule has 1 aliphatic heterocycles. The van der Waals surface area contributed by atoms with Crippen LogP contribution in [0.3, 0.4) is 0 Å². The van der Waals surface area contributed by atoms with Crippen LogP contribution in [0.1, 0.15) is 19.3 Å². The van der Waals surface area contributed by atoms with Crippen molar-refractivity contribution in [1.29, 1.82) is 0 Å². The van der Waals surface area contributed by atoms with Gasteiger partial charge in [0.2, 0.25) is 17.8 Å². The maximum absolute atomic E-state index is 12.4. The zero-order valence-electron chi connectivity index (χ0n) is 12.0. The fraction of sp³-hybridized carbons (Fsp3) is 0.400. The molecule has 0 aromatic carbocycles. The van der Waals surface area contributed by atoms with Crippen LogP contribution in [0.5, 0.6) is 0 Å². The lowest BCUT2D eigenvalue weighted by atomic mass is 10.0. The molecule has 0 bridgehead atoms. The molecule has 1 unspecified atom stereocenters. The van der Waals surface area contributed by atoms with Crippen molar-refractivity contribution >= 4 is 23.3 Å². The summed E-state index contributed by atoms with van der Waals surface area (Å²) in [5.74, 6) is -0.542. The Morgan fingerprint density at radius 3 is 3.10 bits per heavy atom. The first-order valence-corrected chi connectivity index (χ1v) is 7.15. The number of carbonyl (C=O) groups excluding carboxylic acids is 2. The van der Waals surface area contributed by atoms with Crippen LogP contribution in [0, 0.1) is 5.92 Å². The number of amides is 2. The second-order valence-electron chi connectivity index (χ2n) is 5.37. The van der Waals surface area contributed by atoms with Gasteiger partial charge in [-0.1, -0.05) is 12.5 Å².